The Bertz CT molecular complexity index is 1020. The van der Waals surface area contributed by atoms with Gasteiger partial charge < -0.3 is 25.2 Å². The Kier molecular flexibility index (Phi) is 5.41. The highest BCUT2D eigenvalue weighted by Crippen LogP contribution is 2.43. The van der Waals surface area contributed by atoms with Crippen LogP contribution in [0.15, 0.2) is 36.7 Å². The van der Waals surface area contributed by atoms with Crippen LogP contribution in [0.25, 0.3) is 11.2 Å². The summed E-state index contributed by atoms with van der Waals surface area (Å²) in [5.74, 6) is 0.609. The number of ether oxygens (including phenoxy) is 2. The number of hydrogen-bond acceptors (Lipinski definition) is 9. The molecule has 10 nitrogen and oxygen atoms in total. The number of nitrogens with two attached hydrogens (primary N) is 1. The zero-order valence-corrected chi connectivity index (χ0v) is 16.4. The predicted molar refractivity (Wildman–Crippen MR) is 103 cm³/mol. The van der Waals surface area contributed by atoms with E-state index in [2.05, 4.69) is 15.0 Å². The molecule has 30 heavy (non-hydrogen) atoms. The van der Waals surface area contributed by atoms with Gasteiger partial charge >= 0.3 is 0 Å². The zero-order chi connectivity index (χ0) is 21.3. The van der Waals surface area contributed by atoms with Crippen LogP contribution >= 0.6 is 0 Å². The fourth-order valence-electron chi connectivity index (χ4n) is 3.31. The van der Waals surface area contributed by atoms with Crippen molar-refractivity contribution in [3.63, 3.8) is 0 Å². The topological polar surface area (TPSA) is 127 Å². The van der Waals surface area contributed by atoms with E-state index in [0.717, 1.165) is 0 Å². The molecule has 1 aliphatic heterocycles. The number of hydrogen-bond donors (Lipinski definition) is 2. The first-order chi connectivity index (χ1) is 14.4. The van der Waals surface area contributed by atoms with Gasteiger partial charge in [-0.3, -0.25) is 4.57 Å². The highest BCUT2D eigenvalue weighted by molar-refractivity contribution is 5.77. The van der Waals surface area contributed by atoms with E-state index in [-0.39, 0.29) is 24.1 Å². The largest absolute Gasteiger partial charge is 0.476 e. The molecular weight excluding hydrogens is 397 g/mol. The number of halogens is 1. The van der Waals surface area contributed by atoms with E-state index >= 15 is 4.39 Å². The number of aliphatic hydroxyl groups is 1. The highest BCUT2D eigenvalue weighted by atomic mass is 19.1. The molecule has 0 unspecified atom stereocenters. The van der Waals surface area contributed by atoms with Gasteiger partial charge in [-0.25, -0.2) is 9.37 Å². The number of rotatable bonds is 7. The molecule has 2 aromatic heterocycles. The Morgan fingerprint density at radius 3 is 2.80 bits per heavy atom. The van der Waals surface area contributed by atoms with Crippen LogP contribution in [0.2, 0.25) is 0 Å². The molecule has 0 radical (unpaired) electrons. The maximum absolute atomic E-state index is 15.5. The number of fused-ring (bicyclic) bond motifs is 1. The third kappa shape index (κ3) is 3.62. The quantitative estimate of drug-likeness (QED) is 0.435. The molecule has 0 aliphatic carbocycles. The van der Waals surface area contributed by atoms with Gasteiger partial charge in [0.15, 0.2) is 28.8 Å². The Balaban J connectivity index is 1.55. The summed E-state index contributed by atoms with van der Waals surface area (Å²) in [6.45, 7) is 3.18. The molecule has 160 valence electrons. The summed E-state index contributed by atoms with van der Waals surface area (Å²) in [6, 6.07) is 8.79. The van der Waals surface area contributed by atoms with Crippen LogP contribution in [-0.2, 0) is 9.62 Å². The molecule has 1 saturated heterocycles. The van der Waals surface area contributed by atoms with Crippen molar-refractivity contribution in [3.05, 3.63) is 36.7 Å². The molecule has 1 aliphatic rings. The first-order valence-corrected chi connectivity index (χ1v) is 9.41. The molecule has 3 heterocycles. The second-order valence-electron chi connectivity index (χ2n) is 6.95. The molecule has 0 spiro atoms. The van der Waals surface area contributed by atoms with Gasteiger partial charge in [-0.05, 0) is 26.0 Å². The van der Waals surface area contributed by atoms with E-state index in [0.29, 0.717) is 17.9 Å². The summed E-state index contributed by atoms with van der Waals surface area (Å²) in [4.78, 5) is 22.7. The third-order valence-electron chi connectivity index (χ3n) is 4.79. The van der Waals surface area contributed by atoms with E-state index in [4.69, 9.17) is 25.0 Å². The highest BCUT2D eigenvalue weighted by Gasteiger charge is 2.55. The van der Waals surface area contributed by atoms with E-state index in [9.17, 15) is 5.11 Å². The number of nitrogen functional groups attached to an aromatic ring is 1. The van der Waals surface area contributed by atoms with E-state index in [1.807, 2.05) is 6.07 Å². The minimum absolute atomic E-state index is 0.0528. The molecule has 4 rings (SSSR count). The number of benzene rings is 1. The third-order valence-corrected chi connectivity index (χ3v) is 4.79. The van der Waals surface area contributed by atoms with E-state index in [1.54, 1.807) is 31.2 Å². The van der Waals surface area contributed by atoms with Crippen molar-refractivity contribution in [2.45, 2.75) is 38.0 Å². The van der Waals surface area contributed by atoms with Crippen LogP contribution < -0.4 is 15.4 Å². The number of aliphatic hydroxyl groups excluding tert-OH is 1. The van der Waals surface area contributed by atoms with Gasteiger partial charge in [0, 0.05) is 0 Å². The summed E-state index contributed by atoms with van der Waals surface area (Å²) in [6.07, 6.45) is -2.35. The summed E-state index contributed by atoms with van der Waals surface area (Å²) < 4.78 is 28.1. The maximum Gasteiger partial charge on any atom is 0.247 e. The van der Waals surface area contributed by atoms with Crippen molar-refractivity contribution in [2.75, 3.05) is 18.9 Å². The first-order valence-electron chi connectivity index (χ1n) is 9.41. The summed E-state index contributed by atoms with van der Waals surface area (Å²) in [5.41, 5.74) is 4.14. The minimum atomic E-state index is -2.17. The molecule has 11 heteroatoms. The van der Waals surface area contributed by atoms with E-state index < -0.39 is 24.1 Å². The number of nitrogens with zero attached hydrogens (tertiary/aromatic N) is 4. The molecule has 0 bridgehead atoms. The Morgan fingerprint density at radius 2 is 2.07 bits per heavy atom. The molecule has 3 aromatic rings. The van der Waals surface area contributed by atoms with Crippen molar-refractivity contribution in [2.24, 2.45) is 0 Å². The number of alkyl halides is 1. The van der Waals surface area contributed by atoms with Crippen molar-refractivity contribution >= 4 is 17.1 Å². The molecule has 3 N–H and O–H groups in total. The van der Waals surface area contributed by atoms with Crippen LogP contribution in [0.5, 0.6) is 11.6 Å². The summed E-state index contributed by atoms with van der Waals surface area (Å²) >= 11 is 0. The van der Waals surface area contributed by atoms with Crippen LogP contribution in [-0.4, -0.2) is 55.7 Å². The van der Waals surface area contributed by atoms with Gasteiger partial charge in [-0.15, -0.1) is 0 Å². The number of para-hydroxylation sites is 1. The first kappa shape index (κ1) is 20.3. The number of aromatic nitrogens is 4. The Morgan fingerprint density at radius 1 is 1.30 bits per heavy atom. The fourth-order valence-corrected chi connectivity index (χ4v) is 3.31. The second kappa shape index (κ2) is 8.01. The number of anilines is 1. The van der Waals surface area contributed by atoms with E-state index in [1.165, 1.54) is 17.8 Å². The van der Waals surface area contributed by atoms with Crippen molar-refractivity contribution in [3.8, 4) is 11.6 Å². The maximum atomic E-state index is 15.5. The van der Waals surface area contributed by atoms with Gasteiger partial charge in [0.2, 0.25) is 11.8 Å². The van der Waals surface area contributed by atoms with Crippen LogP contribution in [0.1, 0.15) is 20.1 Å². The van der Waals surface area contributed by atoms with Gasteiger partial charge in [0.25, 0.3) is 0 Å². The molecule has 4 atom stereocenters. The fraction of sp³-hybridized carbons (Fsp3) is 0.421. The zero-order valence-electron chi connectivity index (χ0n) is 16.4. The second-order valence-corrected chi connectivity index (χ2v) is 6.95. The SMILES string of the molecule is CCOc1nc(N)nc2c1ncn2[C@@H]1O[C@H](COOc2ccccc2)[C@@H](O)[C@@]1(C)F. The molecule has 1 fully saturated rings. The van der Waals surface area contributed by atoms with Crippen molar-refractivity contribution in [1.82, 2.24) is 19.5 Å². The lowest BCUT2D eigenvalue weighted by atomic mass is 9.98. The standard InChI is InChI=1S/C19H22FN5O5/c1-3-27-16-13-15(23-18(21)24-16)25(10-22-13)17-19(2,20)14(26)12(29-17)9-28-30-11-7-5-4-6-8-11/h4-8,10,12,14,17,26H,3,9H2,1-2H3,(H2,21,23,24)/t12-,14-,17-,19-/m1/s1. The molecular formula is C19H22FN5O5. The average Bonchev–Trinajstić information content (AvgIpc) is 3.23. The Hall–Kier alpha value is -3.02. The van der Waals surface area contributed by atoms with Crippen molar-refractivity contribution < 1.29 is 28.7 Å². The lowest BCUT2D eigenvalue weighted by Crippen LogP contribution is -2.40. The summed E-state index contributed by atoms with van der Waals surface area (Å²) in [5, 5.41) is 10.5. The predicted octanol–water partition coefficient (Wildman–Crippen LogP) is 1.80. The Labute approximate surface area is 171 Å². The monoisotopic (exact) mass is 419 g/mol. The normalized spacial score (nSPS) is 26.2. The smallest absolute Gasteiger partial charge is 0.247 e. The van der Waals surface area contributed by atoms with Gasteiger partial charge in [-0.2, -0.15) is 14.9 Å². The minimum Gasteiger partial charge on any atom is -0.476 e. The van der Waals surface area contributed by atoms with Gasteiger partial charge in [-0.1, -0.05) is 18.2 Å². The molecule has 0 amide bonds. The number of imidazole rings is 1. The molecule has 0 saturated carbocycles. The van der Waals surface area contributed by atoms with Crippen molar-refractivity contribution in [1.29, 1.82) is 0 Å². The lowest BCUT2D eigenvalue weighted by molar-refractivity contribution is -0.233. The van der Waals surface area contributed by atoms with Crippen LogP contribution in [0.4, 0.5) is 10.3 Å². The van der Waals surface area contributed by atoms with Gasteiger partial charge in [0.1, 0.15) is 18.8 Å². The van der Waals surface area contributed by atoms with Gasteiger partial charge in [0.05, 0.1) is 12.9 Å². The summed E-state index contributed by atoms with van der Waals surface area (Å²) in [7, 11) is 0. The van der Waals surface area contributed by atoms with Crippen LogP contribution in [0.3, 0.4) is 0 Å². The lowest BCUT2D eigenvalue weighted by Gasteiger charge is -2.24. The van der Waals surface area contributed by atoms with Crippen LogP contribution in [0, 0.1) is 0 Å². The molecule has 1 aromatic carbocycles. The average molecular weight is 419 g/mol.